The molecule has 2 unspecified atom stereocenters. The van der Waals surface area contributed by atoms with Crippen molar-refractivity contribution in [2.45, 2.75) is 37.0 Å². The first-order chi connectivity index (χ1) is 5.86. The van der Waals surface area contributed by atoms with E-state index in [0.29, 0.717) is 6.61 Å². The Morgan fingerprint density at radius 3 is 3.00 bits per heavy atom. The number of thioether (sulfide) groups is 1. The van der Waals surface area contributed by atoms with Crippen LogP contribution in [0.4, 0.5) is 0 Å². The van der Waals surface area contributed by atoms with E-state index < -0.39 is 0 Å². The fraction of sp³-hybridized carbons (Fsp3) is 1.00. The summed E-state index contributed by atoms with van der Waals surface area (Å²) in [5, 5.41) is 12.8. The van der Waals surface area contributed by atoms with Crippen LogP contribution in [0, 0.1) is 0 Å². The van der Waals surface area contributed by atoms with Crippen LogP contribution in [0.3, 0.4) is 0 Å². The van der Waals surface area contributed by atoms with Gasteiger partial charge in [0.25, 0.3) is 0 Å². The van der Waals surface area contributed by atoms with Gasteiger partial charge in [-0.05, 0) is 26.3 Å². The fourth-order valence-electron chi connectivity index (χ4n) is 1.78. The predicted octanol–water partition coefficient (Wildman–Crippen LogP) is 1.24. The summed E-state index contributed by atoms with van der Waals surface area (Å²) in [7, 11) is 2.05. The van der Waals surface area contributed by atoms with Crippen molar-refractivity contribution < 1.29 is 5.11 Å². The molecule has 0 bridgehead atoms. The Kier molecular flexibility index (Phi) is 5.04. The first kappa shape index (κ1) is 10.4. The Labute approximate surface area is 79.1 Å². The number of hydrogen-bond donors (Lipinski definition) is 2. The highest BCUT2D eigenvalue weighted by atomic mass is 32.2. The van der Waals surface area contributed by atoms with Gasteiger partial charge in [-0.15, -0.1) is 0 Å². The van der Waals surface area contributed by atoms with Gasteiger partial charge < -0.3 is 10.4 Å². The minimum absolute atomic E-state index is 0.325. The third-order valence-corrected chi connectivity index (χ3v) is 3.80. The SMILES string of the molecule is CNC1CCCC(SCCO)C1. The largest absolute Gasteiger partial charge is 0.396 e. The topological polar surface area (TPSA) is 32.3 Å². The lowest BCUT2D eigenvalue weighted by Gasteiger charge is -2.28. The van der Waals surface area contributed by atoms with E-state index in [-0.39, 0.29) is 0 Å². The van der Waals surface area contributed by atoms with Gasteiger partial charge in [0.2, 0.25) is 0 Å². The Hall–Kier alpha value is 0.270. The molecular weight excluding hydrogens is 170 g/mol. The lowest BCUT2D eigenvalue weighted by molar-refractivity contribution is 0.321. The molecule has 3 heteroatoms. The third-order valence-electron chi connectivity index (χ3n) is 2.48. The van der Waals surface area contributed by atoms with Crippen LogP contribution >= 0.6 is 11.8 Å². The van der Waals surface area contributed by atoms with Crippen molar-refractivity contribution in [3.63, 3.8) is 0 Å². The van der Waals surface area contributed by atoms with E-state index in [1.165, 1.54) is 25.7 Å². The standard InChI is InChI=1S/C9H19NOS/c1-10-8-3-2-4-9(7-8)12-6-5-11/h8-11H,2-7H2,1H3. The highest BCUT2D eigenvalue weighted by Crippen LogP contribution is 2.28. The molecule has 0 spiro atoms. The van der Waals surface area contributed by atoms with Crippen LogP contribution in [0.25, 0.3) is 0 Å². The Morgan fingerprint density at radius 2 is 2.33 bits per heavy atom. The number of rotatable bonds is 4. The molecule has 0 aromatic rings. The van der Waals surface area contributed by atoms with Crippen molar-refractivity contribution in [2.75, 3.05) is 19.4 Å². The summed E-state index contributed by atoms with van der Waals surface area (Å²) < 4.78 is 0. The molecule has 2 atom stereocenters. The van der Waals surface area contributed by atoms with Crippen molar-refractivity contribution >= 4 is 11.8 Å². The summed E-state index contributed by atoms with van der Waals surface area (Å²) in [6.07, 6.45) is 5.28. The lowest BCUT2D eigenvalue weighted by Crippen LogP contribution is -2.32. The van der Waals surface area contributed by atoms with Crippen LogP contribution in [-0.2, 0) is 0 Å². The highest BCUT2D eigenvalue weighted by Gasteiger charge is 2.20. The second-order valence-electron chi connectivity index (χ2n) is 3.37. The third kappa shape index (κ3) is 3.33. The van der Waals surface area contributed by atoms with Crippen molar-refractivity contribution in [1.29, 1.82) is 0 Å². The molecule has 0 saturated heterocycles. The molecule has 12 heavy (non-hydrogen) atoms. The Bertz CT molecular complexity index is 121. The van der Waals surface area contributed by atoms with E-state index in [1.807, 2.05) is 18.8 Å². The Balaban J connectivity index is 2.16. The molecule has 0 radical (unpaired) electrons. The smallest absolute Gasteiger partial charge is 0.0521 e. The van der Waals surface area contributed by atoms with E-state index in [0.717, 1.165) is 17.0 Å². The van der Waals surface area contributed by atoms with Gasteiger partial charge in [-0.3, -0.25) is 0 Å². The molecule has 0 aromatic carbocycles. The number of aliphatic hydroxyl groups excluding tert-OH is 1. The molecule has 0 amide bonds. The number of nitrogens with one attached hydrogen (secondary N) is 1. The van der Waals surface area contributed by atoms with E-state index in [4.69, 9.17) is 5.11 Å². The van der Waals surface area contributed by atoms with Gasteiger partial charge in [-0.25, -0.2) is 0 Å². The first-order valence-corrected chi connectivity index (χ1v) is 5.81. The summed E-state index contributed by atoms with van der Waals surface area (Å²) in [6.45, 7) is 0.325. The monoisotopic (exact) mass is 189 g/mol. The van der Waals surface area contributed by atoms with Crippen LogP contribution in [-0.4, -0.2) is 35.8 Å². The van der Waals surface area contributed by atoms with Gasteiger partial charge in [0, 0.05) is 17.0 Å². The summed E-state index contributed by atoms with van der Waals surface area (Å²) >= 11 is 1.93. The zero-order chi connectivity index (χ0) is 8.81. The first-order valence-electron chi connectivity index (χ1n) is 4.76. The average Bonchev–Trinajstić information content (AvgIpc) is 2.15. The molecule has 72 valence electrons. The maximum Gasteiger partial charge on any atom is 0.0521 e. The van der Waals surface area contributed by atoms with Gasteiger partial charge >= 0.3 is 0 Å². The van der Waals surface area contributed by atoms with Gasteiger partial charge in [0.15, 0.2) is 0 Å². The second kappa shape index (κ2) is 5.84. The summed E-state index contributed by atoms with van der Waals surface area (Å²) in [5.41, 5.74) is 0. The van der Waals surface area contributed by atoms with Crippen LogP contribution in [0.15, 0.2) is 0 Å². The zero-order valence-electron chi connectivity index (χ0n) is 7.75. The molecule has 1 saturated carbocycles. The Morgan fingerprint density at radius 1 is 1.50 bits per heavy atom. The van der Waals surface area contributed by atoms with E-state index in [1.54, 1.807) is 0 Å². The van der Waals surface area contributed by atoms with E-state index in [2.05, 4.69) is 5.32 Å². The molecule has 0 heterocycles. The minimum atomic E-state index is 0.325. The van der Waals surface area contributed by atoms with Crippen molar-refractivity contribution in [3.05, 3.63) is 0 Å². The molecule has 1 rings (SSSR count). The van der Waals surface area contributed by atoms with E-state index >= 15 is 0 Å². The normalized spacial score (nSPS) is 30.5. The highest BCUT2D eigenvalue weighted by molar-refractivity contribution is 7.99. The maximum atomic E-state index is 8.68. The van der Waals surface area contributed by atoms with Gasteiger partial charge in [0.1, 0.15) is 0 Å². The summed E-state index contributed by atoms with van der Waals surface area (Å²) in [4.78, 5) is 0. The molecular formula is C9H19NOS. The molecule has 1 aliphatic carbocycles. The van der Waals surface area contributed by atoms with Gasteiger partial charge in [-0.2, -0.15) is 11.8 Å². The predicted molar refractivity (Wildman–Crippen MR) is 54.6 cm³/mol. The van der Waals surface area contributed by atoms with Gasteiger partial charge in [0.05, 0.1) is 6.61 Å². The number of aliphatic hydroxyl groups is 1. The summed E-state index contributed by atoms with van der Waals surface area (Å²) in [5.74, 6) is 0.904. The summed E-state index contributed by atoms with van der Waals surface area (Å²) in [6, 6.07) is 0.718. The number of hydrogen-bond acceptors (Lipinski definition) is 3. The molecule has 1 aliphatic rings. The molecule has 2 nitrogen and oxygen atoms in total. The van der Waals surface area contributed by atoms with Crippen molar-refractivity contribution in [1.82, 2.24) is 5.32 Å². The van der Waals surface area contributed by atoms with Crippen LogP contribution in [0.1, 0.15) is 25.7 Å². The minimum Gasteiger partial charge on any atom is -0.396 e. The average molecular weight is 189 g/mol. The molecule has 0 aromatic heterocycles. The van der Waals surface area contributed by atoms with Crippen molar-refractivity contribution in [2.24, 2.45) is 0 Å². The quantitative estimate of drug-likeness (QED) is 0.698. The molecule has 2 N–H and O–H groups in total. The van der Waals surface area contributed by atoms with Gasteiger partial charge in [-0.1, -0.05) is 6.42 Å². The van der Waals surface area contributed by atoms with Crippen LogP contribution in [0.5, 0.6) is 0 Å². The molecule has 1 fully saturated rings. The molecule has 0 aliphatic heterocycles. The van der Waals surface area contributed by atoms with Crippen molar-refractivity contribution in [3.8, 4) is 0 Å². The zero-order valence-corrected chi connectivity index (χ0v) is 8.57. The van der Waals surface area contributed by atoms with Crippen LogP contribution < -0.4 is 5.32 Å². The van der Waals surface area contributed by atoms with E-state index in [9.17, 15) is 0 Å². The second-order valence-corrected chi connectivity index (χ2v) is 4.78. The fourth-order valence-corrected chi connectivity index (χ4v) is 2.92. The lowest BCUT2D eigenvalue weighted by atomic mass is 9.95. The van der Waals surface area contributed by atoms with Crippen LogP contribution in [0.2, 0.25) is 0 Å². The maximum absolute atomic E-state index is 8.68.